The number of morpholine rings is 1. The first-order valence-electron chi connectivity index (χ1n) is 14.1. The number of ether oxygens (including phenoxy) is 3. The van der Waals surface area contributed by atoms with Crippen molar-refractivity contribution in [3.63, 3.8) is 0 Å². The molecule has 10 nitrogen and oxygen atoms in total. The molecule has 3 atom stereocenters. The normalized spacial score (nSPS) is 16.9. The van der Waals surface area contributed by atoms with E-state index in [-0.39, 0.29) is 30.2 Å². The molecule has 0 spiro atoms. The molecule has 0 radical (unpaired) electrons. The maximum atomic E-state index is 13.0. The molecule has 1 saturated heterocycles. The number of hydrogen-bond donors (Lipinski definition) is 4. The Morgan fingerprint density at radius 3 is 2.44 bits per heavy atom. The maximum Gasteiger partial charge on any atom is 0.255 e. The Hall–Kier alpha value is -2.24. The summed E-state index contributed by atoms with van der Waals surface area (Å²) >= 11 is 0. The van der Waals surface area contributed by atoms with E-state index >= 15 is 0 Å². The summed E-state index contributed by atoms with van der Waals surface area (Å²) in [4.78, 5) is 27.9. The van der Waals surface area contributed by atoms with Crippen molar-refractivity contribution >= 4 is 11.8 Å². The summed E-state index contributed by atoms with van der Waals surface area (Å²) in [5.41, 5.74) is 6.14. The smallest absolute Gasteiger partial charge is 0.255 e. The second-order valence-electron chi connectivity index (χ2n) is 11.1. The monoisotopic (exact) mass is 550 g/mol. The molecule has 39 heavy (non-hydrogen) atoms. The van der Waals surface area contributed by atoms with Gasteiger partial charge in [-0.15, -0.1) is 0 Å². The highest BCUT2D eigenvalue weighted by atomic mass is 16.5. The first-order chi connectivity index (χ1) is 18.6. The van der Waals surface area contributed by atoms with E-state index in [4.69, 9.17) is 19.9 Å². The molecule has 1 heterocycles. The lowest BCUT2D eigenvalue weighted by Crippen LogP contribution is -2.59. The van der Waals surface area contributed by atoms with Crippen molar-refractivity contribution in [2.45, 2.75) is 64.6 Å². The zero-order valence-electron chi connectivity index (χ0n) is 24.4. The predicted molar refractivity (Wildman–Crippen MR) is 152 cm³/mol. The van der Waals surface area contributed by atoms with Crippen molar-refractivity contribution < 1.29 is 28.9 Å². The lowest BCUT2D eigenvalue weighted by atomic mass is 9.87. The van der Waals surface area contributed by atoms with Gasteiger partial charge in [0.25, 0.3) is 5.91 Å². The lowest BCUT2D eigenvalue weighted by Gasteiger charge is -2.39. The van der Waals surface area contributed by atoms with Gasteiger partial charge in [0, 0.05) is 45.9 Å². The van der Waals surface area contributed by atoms with Gasteiger partial charge in [0.2, 0.25) is 5.91 Å². The maximum absolute atomic E-state index is 13.0. The third-order valence-corrected chi connectivity index (χ3v) is 7.50. The SMILES string of the molecule is COCCCCOc1ccccc1C(=O)NC[C@@H](C[C@H](N)[C@@H](O)CNC(=O)C(C)(C)N1CCOCC1)C(C)C. The number of hydrogen-bond acceptors (Lipinski definition) is 8. The van der Waals surface area contributed by atoms with E-state index in [2.05, 4.69) is 29.4 Å². The Morgan fingerprint density at radius 1 is 1.10 bits per heavy atom. The van der Waals surface area contributed by atoms with E-state index in [1.807, 2.05) is 26.0 Å². The number of carbonyl (C=O) groups is 2. The second-order valence-corrected chi connectivity index (χ2v) is 11.1. The van der Waals surface area contributed by atoms with E-state index in [1.165, 1.54) is 0 Å². The summed E-state index contributed by atoms with van der Waals surface area (Å²) in [5, 5.41) is 16.6. The summed E-state index contributed by atoms with van der Waals surface area (Å²) in [5.74, 6) is 0.464. The molecule has 0 bridgehead atoms. The van der Waals surface area contributed by atoms with Crippen LogP contribution in [0.5, 0.6) is 5.75 Å². The second kappa shape index (κ2) is 16.8. The highest BCUT2D eigenvalue weighted by molar-refractivity contribution is 5.96. The fourth-order valence-corrected chi connectivity index (χ4v) is 4.56. The number of nitrogens with two attached hydrogens (primary N) is 1. The fourth-order valence-electron chi connectivity index (χ4n) is 4.56. The van der Waals surface area contributed by atoms with Crippen LogP contribution in [0.25, 0.3) is 0 Å². The predicted octanol–water partition coefficient (Wildman–Crippen LogP) is 1.80. The van der Waals surface area contributed by atoms with Crippen LogP contribution in [0.1, 0.15) is 57.3 Å². The van der Waals surface area contributed by atoms with E-state index in [0.717, 1.165) is 12.8 Å². The molecule has 1 aliphatic heterocycles. The summed E-state index contributed by atoms with van der Waals surface area (Å²) in [6.45, 7) is 12.1. The zero-order valence-corrected chi connectivity index (χ0v) is 24.4. The van der Waals surface area contributed by atoms with E-state index in [1.54, 1.807) is 19.2 Å². The molecule has 2 amide bonds. The van der Waals surface area contributed by atoms with Gasteiger partial charge >= 0.3 is 0 Å². The van der Waals surface area contributed by atoms with Gasteiger partial charge < -0.3 is 35.7 Å². The van der Waals surface area contributed by atoms with Crippen molar-refractivity contribution in [2.75, 3.05) is 59.7 Å². The number of para-hydroxylation sites is 1. The third-order valence-electron chi connectivity index (χ3n) is 7.50. The number of amides is 2. The highest BCUT2D eigenvalue weighted by Crippen LogP contribution is 2.21. The Morgan fingerprint density at radius 2 is 1.77 bits per heavy atom. The molecule has 0 aliphatic carbocycles. The number of rotatable bonds is 17. The van der Waals surface area contributed by atoms with Gasteiger partial charge in [-0.2, -0.15) is 0 Å². The first kappa shape index (κ1) is 33.0. The van der Waals surface area contributed by atoms with Gasteiger partial charge in [-0.3, -0.25) is 14.5 Å². The molecule has 1 aromatic carbocycles. The molecule has 10 heteroatoms. The van der Waals surface area contributed by atoms with Crippen LogP contribution in [0.2, 0.25) is 0 Å². The van der Waals surface area contributed by atoms with Crippen LogP contribution in [-0.2, 0) is 14.3 Å². The molecule has 0 saturated carbocycles. The first-order valence-corrected chi connectivity index (χ1v) is 14.1. The van der Waals surface area contributed by atoms with Crippen molar-refractivity contribution in [1.29, 1.82) is 0 Å². The number of benzene rings is 1. The molecular formula is C29H50N4O6. The van der Waals surface area contributed by atoms with Crippen LogP contribution in [0.4, 0.5) is 0 Å². The fraction of sp³-hybridized carbons (Fsp3) is 0.724. The zero-order chi connectivity index (χ0) is 28.8. The summed E-state index contributed by atoms with van der Waals surface area (Å²) in [6, 6.07) is 6.66. The van der Waals surface area contributed by atoms with Crippen molar-refractivity contribution in [3.05, 3.63) is 29.8 Å². The van der Waals surface area contributed by atoms with Crippen molar-refractivity contribution in [2.24, 2.45) is 17.6 Å². The average molecular weight is 551 g/mol. The van der Waals surface area contributed by atoms with Crippen LogP contribution in [0.15, 0.2) is 24.3 Å². The third kappa shape index (κ3) is 10.7. The van der Waals surface area contributed by atoms with Crippen molar-refractivity contribution in [3.8, 4) is 5.75 Å². The van der Waals surface area contributed by atoms with Gasteiger partial charge in [0.1, 0.15) is 5.75 Å². The van der Waals surface area contributed by atoms with Crippen LogP contribution >= 0.6 is 0 Å². The van der Waals surface area contributed by atoms with E-state index in [9.17, 15) is 14.7 Å². The van der Waals surface area contributed by atoms with Crippen LogP contribution in [0, 0.1) is 11.8 Å². The van der Waals surface area contributed by atoms with Crippen LogP contribution in [0.3, 0.4) is 0 Å². The van der Waals surface area contributed by atoms with Crippen molar-refractivity contribution in [1.82, 2.24) is 15.5 Å². The molecular weight excluding hydrogens is 500 g/mol. The molecule has 0 aromatic heterocycles. The summed E-state index contributed by atoms with van der Waals surface area (Å²) in [7, 11) is 1.67. The Balaban J connectivity index is 1.85. The van der Waals surface area contributed by atoms with Crippen LogP contribution in [-0.4, -0.2) is 99.2 Å². The number of unbranched alkanes of at least 4 members (excludes halogenated alkanes) is 1. The lowest BCUT2D eigenvalue weighted by molar-refractivity contribution is -0.135. The van der Waals surface area contributed by atoms with E-state index in [0.29, 0.717) is 63.8 Å². The average Bonchev–Trinajstić information content (AvgIpc) is 2.93. The minimum absolute atomic E-state index is 0.0428. The number of methoxy groups -OCH3 is 1. The largest absolute Gasteiger partial charge is 0.493 e. The molecule has 1 fully saturated rings. The molecule has 5 N–H and O–H groups in total. The summed E-state index contributed by atoms with van der Waals surface area (Å²) in [6.07, 6.45) is 1.32. The molecule has 0 unspecified atom stereocenters. The highest BCUT2D eigenvalue weighted by Gasteiger charge is 2.36. The number of nitrogens with one attached hydrogen (secondary N) is 2. The molecule has 1 aromatic rings. The molecule has 222 valence electrons. The number of aliphatic hydroxyl groups excluding tert-OH is 1. The topological polar surface area (TPSA) is 135 Å². The van der Waals surface area contributed by atoms with Gasteiger partial charge in [0.05, 0.1) is 37.0 Å². The number of nitrogens with zero attached hydrogens (tertiary/aromatic N) is 1. The molecule has 1 aliphatic rings. The number of carbonyl (C=O) groups excluding carboxylic acids is 2. The van der Waals surface area contributed by atoms with E-state index < -0.39 is 17.7 Å². The quantitative estimate of drug-likeness (QED) is 0.216. The number of aliphatic hydroxyl groups is 1. The minimum Gasteiger partial charge on any atom is -0.493 e. The van der Waals surface area contributed by atoms with Gasteiger partial charge in [-0.05, 0) is 57.1 Å². The van der Waals surface area contributed by atoms with Gasteiger partial charge in [-0.25, -0.2) is 0 Å². The minimum atomic E-state index is -0.904. The summed E-state index contributed by atoms with van der Waals surface area (Å²) < 4.78 is 16.3. The Labute approximate surface area is 233 Å². The van der Waals surface area contributed by atoms with Gasteiger partial charge in [-0.1, -0.05) is 26.0 Å². The molecule has 2 rings (SSSR count). The Bertz CT molecular complexity index is 875. The standard InChI is InChI=1S/C29H50N4O6/c1-21(2)22(19-31-27(35)23-10-6-7-11-26(23)39-15-9-8-14-37-5)18-24(30)25(34)20-32-28(36)29(3,4)33-12-16-38-17-13-33/h6-7,10-11,21-22,24-25,34H,8-9,12-20,30H2,1-5H3,(H,31,35)(H,32,36)/t22-,24+,25+/m1/s1. The van der Waals surface area contributed by atoms with Gasteiger partial charge in [0.15, 0.2) is 0 Å². The Kier molecular flexibility index (Phi) is 14.2. The van der Waals surface area contributed by atoms with Crippen LogP contribution < -0.4 is 21.1 Å².